The maximum atomic E-state index is 13.2. The molecule has 1 aromatic heterocycles. The third-order valence-electron chi connectivity index (χ3n) is 10.1. The Kier molecular flexibility index (Phi) is 4.55. The van der Waals surface area contributed by atoms with Crippen LogP contribution in [0.5, 0.6) is 11.5 Å². The van der Waals surface area contributed by atoms with Crippen LogP contribution in [0.15, 0.2) is 41.2 Å². The lowest BCUT2D eigenvalue weighted by molar-refractivity contribution is -0.946. The number of carbonyl (C=O) groups excluding carboxylic acids is 1. The van der Waals surface area contributed by atoms with Gasteiger partial charge in [0, 0.05) is 48.9 Å². The predicted molar refractivity (Wildman–Crippen MR) is 132 cm³/mol. The lowest BCUT2D eigenvalue weighted by Gasteiger charge is -2.62. The van der Waals surface area contributed by atoms with E-state index in [0.29, 0.717) is 17.7 Å². The van der Waals surface area contributed by atoms with Crippen LogP contribution in [0.2, 0.25) is 0 Å². The fourth-order valence-electron chi connectivity index (χ4n) is 8.31. The minimum atomic E-state index is -0.114. The van der Waals surface area contributed by atoms with Gasteiger partial charge in [-0.25, -0.2) is 0 Å². The van der Waals surface area contributed by atoms with Crippen molar-refractivity contribution in [2.75, 3.05) is 27.2 Å². The molecule has 35 heavy (non-hydrogen) atoms. The number of benzene rings is 1. The van der Waals surface area contributed by atoms with Crippen molar-refractivity contribution in [1.82, 2.24) is 4.90 Å². The normalized spacial score (nSPS) is 36.6. The molecule has 6 atom stereocenters. The Morgan fingerprint density at radius 1 is 1.26 bits per heavy atom. The number of likely N-dealkylation sites (N-methyl/N-ethyl adjacent to an activating group) is 2. The van der Waals surface area contributed by atoms with Gasteiger partial charge in [-0.2, -0.15) is 0 Å². The average Bonchev–Trinajstić information content (AvgIpc) is 3.36. The van der Waals surface area contributed by atoms with Crippen LogP contribution in [0.1, 0.15) is 48.8 Å². The molecule has 2 saturated carbocycles. The lowest BCUT2D eigenvalue weighted by atomic mass is 9.50. The summed E-state index contributed by atoms with van der Waals surface area (Å²) >= 11 is 0. The van der Waals surface area contributed by atoms with Crippen molar-refractivity contribution < 1.29 is 23.5 Å². The number of nitrogens with zero attached hydrogens (tertiary/aromatic N) is 2. The van der Waals surface area contributed by atoms with Gasteiger partial charge in [-0.1, -0.05) is 6.07 Å². The van der Waals surface area contributed by atoms with Crippen molar-refractivity contribution in [3.05, 3.63) is 53.5 Å². The van der Waals surface area contributed by atoms with Crippen molar-refractivity contribution in [3.8, 4) is 11.5 Å². The molecule has 5 aliphatic rings. The fourth-order valence-corrected chi connectivity index (χ4v) is 8.31. The molecule has 2 aromatic rings. The first-order valence-corrected chi connectivity index (χ1v) is 13.2. The first kappa shape index (κ1) is 21.5. The molecule has 1 N–H and O–H groups in total. The van der Waals surface area contributed by atoms with E-state index in [1.165, 1.54) is 35.0 Å². The molecule has 6 heteroatoms. The molecular weight excluding hydrogens is 440 g/mol. The molecule has 3 heterocycles. The largest absolute Gasteiger partial charge is 0.504 e. The molecule has 1 aromatic carbocycles. The minimum Gasteiger partial charge on any atom is -0.504 e. The number of aromatic hydroxyl groups is 1. The second kappa shape index (κ2) is 7.39. The standard InChI is InChI=1S/C29H34N2O4/c1-30(25(33)10-5-19-11-14-34-17-19)22-8-7-21-23-15-20-6-9-24(32)27-26(20)29(21,28(22)35-27)12-13-31(23,2)16-18-3-4-18/h5-6,9-11,14,17-18,21-23,28H,3-4,7-8,12-13,15-16H2,1-2H3/p+1/b10-5+/t21?,22-,23?,28?,29+,31?/m0/s1. The summed E-state index contributed by atoms with van der Waals surface area (Å²) in [5.74, 6) is 2.34. The minimum absolute atomic E-state index is 0.0208. The van der Waals surface area contributed by atoms with Crippen LogP contribution in [-0.2, 0) is 16.6 Å². The third-order valence-corrected chi connectivity index (χ3v) is 10.1. The fraction of sp³-hybridized carbons (Fsp3) is 0.552. The van der Waals surface area contributed by atoms with E-state index in [0.717, 1.165) is 43.7 Å². The van der Waals surface area contributed by atoms with Crippen molar-refractivity contribution in [2.45, 2.75) is 62.1 Å². The highest BCUT2D eigenvalue weighted by molar-refractivity contribution is 5.91. The summed E-state index contributed by atoms with van der Waals surface area (Å²) in [6.45, 7) is 2.44. The third kappa shape index (κ3) is 3.01. The Morgan fingerprint density at radius 3 is 2.89 bits per heavy atom. The van der Waals surface area contributed by atoms with E-state index in [2.05, 4.69) is 13.1 Å². The number of rotatable bonds is 5. The Labute approximate surface area is 206 Å². The molecule has 1 amide bonds. The molecular formula is C29H35N2O4+. The van der Waals surface area contributed by atoms with Crippen LogP contribution in [0.3, 0.4) is 0 Å². The molecule has 3 aliphatic carbocycles. The summed E-state index contributed by atoms with van der Waals surface area (Å²) in [4.78, 5) is 15.1. The molecule has 7 rings (SSSR count). The summed E-state index contributed by atoms with van der Waals surface area (Å²) in [6.07, 6.45) is 13.5. The van der Waals surface area contributed by atoms with Gasteiger partial charge in [0.05, 0.1) is 50.2 Å². The van der Waals surface area contributed by atoms with Crippen molar-refractivity contribution >= 4 is 12.0 Å². The maximum absolute atomic E-state index is 13.2. The number of furan rings is 1. The zero-order valence-electron chi connectivity index (χ0n) is 20.7. The van der Waals surface area contributed by atoms with E-state index >= 15 is 0 Å². The zero-order valence-corrected chi connectivity index (χ0v) is 20.7. The number of phenols is 1. The van der Waals surface area contributed by atoms with Gasteiger partial charge in [0.2, 0.25) is 5.91 Å². The molecule has 184 valence electrons. The van der Waals surface area contributed by atoms with Crippen LogP contribution < -0.4 is 4.74 Å². The Bertz CT molecular complexity index is 1200. The number of quaternary nitrogens is 1. The number of likely N-dealkylation sites (tertiary alicyclic amines) is 1. The second-order valence-electron chi connectivity index (χ2n) is 12.0. The molecule has 1 saturated heterocycles. The number of amides is 1. The molecule has 1 spiro atoms. The van der Waals surface area contributed by atoms with Crippen LogP contribution in [0.25, 0.3) is 6.08 Å². The Hall–Kier alpha value is -2.73. The number of phenolic OH excluding ortho intramolecular Hbond substituents is 1. The predicted octanol–water partition coefficient (Wildman–Crippen LogP) is 4.12. The summed E-state index contributed by atoms with van der Waals surface area (Å²) in [7, 11) is 4.41. The van der Waals surface area contributed by atoms with E-state index in [4.69, 9.17) is 9.15 Å². The highest BCUT2D eigenvalue weighted by atomic mass is 16.5. The zero-order chi connectivity index (χ0) is 23.9. The Morgan fingerprint density at radius 2 is 2.11 bits per heavy atom. The van der Waals surface area contributed by atoms with Gasteiger partial charge in [0.1, 0.15) is 6.10 Å². The first-order valence-electron chi connectivity index (χ1n) is 13.2. The van der Waals surface area contributed by atoms with Gasteiger partial charge in [-0.3, -0.25) is 4.79 Å². The summed E-state index contributed by atoms with van der Waals surface area (Å²) < 4.78 is 13.0. The maximum Gasteiger partial charge on any atom is 0.246 e. The van der Waals surface area contributed by atoms with Crippen LogP contribution in [0, 0.1) is 11.8 Å². The van der Waals surface area contributed by atoms with Crippen LogP contribution in [0.4, 0.5) is 0 Å². The van der Waals surface area contributed by atoms with Crippen LogP contribution >= 0.6 is 0 Å². The quantitative estimate of drug-likeness (QED) is 0.522. The van der Waals surface area contributed by atoms with Gasteiger partial charge < -0.3 is 23.6 Å². The van der Waals surface area contributed by atoms with E-state index in [-0.39, 0.29) is 29.2 Å². The van der Waals surface area contributed by atoms with Crippen molar-refractivity contribution in [1.29, 1.82) is 0 Å². The van der Waals surface area contributed by atoms with Crippen molar-refractivity contribution in [2.24, 2.45) is 11.8 Å². The highest BCUT2D eigenvalue weighted by Gasteiger charge is 2.69. The van der Waals surface area contributed by atoms with Gasteiger partial charge >= 0.3 is 0 Å². The molecule has 0 radical (unpaired) electrons. The summed E-state index contributed by atoms with van der Waals surface area (Å²) in [6, 6.07) is 6.37. The van der Waals surface area contributed by atoms with E-state index in [1.807, 2.05) is 24.1 Å². The SMILES string of the molecule is CN(C(=O)/C=C/c1ccoc1)[C@H]1CCC2C3Cc4ccc(O)c5c4[C@]2(CC[N+]3(C)CC2CC2)C1O5. The molecule has 2 aliphatic heterocycles. The average molecular weight is 476 g/mol. The Balaban J connectivity index is 1.26. The lowest BCUT2D eigenvalue weighted by Crippen LogP contribution is -2.73. The first-order chi connectivity index (χ1) is 16.9. The monoisotopic (exact) mass is 475 g/mol. The van der Waals surface area contributed by atoms with Crippen LogP contribution in [-0.4, -0.2) is 65.8 Å². The van der Waals surface area contributed by atoms with E-state index in [9.17, 15) is 9.90 Å². The molecule has 2 bridgehead atoms. The molecule has 6 nitrogen and oxygen atoms in total. The van der Waals surface area contributed by atoms with Gasteiger partial charge in [-0.05, 0) is 49.5 Å². The van der Waals surface area contributed by atoms with E-state index < -0.39 is 0 Å². The smallest absolute Gasteiger partial charge is 0.246 e. The topological polar surface area (TPSA) is 62.9 Å². The van der Waals surface area contributed by atoms with Crippen molar-refractivity contribution in [3.63, 3.8) is 0 Å². The second-order valence-corrected chi connectivity index (χ2v) is 12.0. The molecule has 4 unspecified atom stereocenters. The number of hydrogen-bond donors (Lipinski definition) is 1. The number of hydrogen-bond acceptors (Lipinski definition) is 4. The van der Waals surface area contributed by atoms with Gasteiger partial charge in [0.15, 0.2) is 11.5 Å². The van der Waals surface area contributed by atoms with Gasteiger partial charge in [0.25, 0.3) is 0 Å². The number of ether oxygens (including phenoxy) is 1. The van der Waals surface area contributed by atoms with E-state index in [1.54, 1.807) is 24.7 Å². The molecule has 3 fully saturated rings. The number of piperidine rings is 1. The van der Waals surface area contributed by atoms with Gasteiger partial charge in [-0.15, -0.1) is 0 Å². The summed E-state index contributed by atoms with van der Waals surface area (Å²) in [5.41, 5.74) is 3.39. The highest BCUT2D eigenvalue weighted by Crippen LogP contribution is 2.65. The number of carbonyl (C=O) groups is 1. The summed E-state index contributed by atoms with van der Waals surface area (Å²) in [5, 5.41) is 10.8.